The summed E-state index contributed by atoms with van der Waals surface area (Å²) >= 11 is 0. The van der Waals surface area contributed by atoms with Crippen molar-refractivity contribution < 1.29 is 22.6 Å². The first-order valence-corrected chi connectivity index (χ1v) is 6.39. The lowest BCUT2D eigenvalue weighted by Crippen LogP contribution is -2.15. The van der Waals surface area contributed by atoms with E-state index in [1.807, 2.05) is 0 Å². The van der Waals surface area contributed by atoms with Crippen LogP contribution in [0.15, 0.2) is 18.2 Å². The van der Waals surface area contributed by atoms with Crippen molar-refractivity contribution >= 4 is 11.9 Å². The predicted octanol–water partition coefficient (Wildman–Crippen LogP) is 2.09. The molecule has 1 unspecified atom stereocenters. The van der Waals surface area contributed by atoms with Crippen LogP contribution < -0.4 is 16.2 Å². The molecule has 1 atom stereocenters. The van der Waals surface area contributed by atoms with Gasteiger partial charge in [0, 0.05) is 7.11 Å². The third-order valence-corrected chi connectivity index (χ3v) is 2.84. The second kappa shape index (κ2) is 6.24. The van der Waals surface area contributed by atoms with E-state index >= 15 is 0 Å². The highest BCUT2D eigenvalue weighted by molar-refractivity contribution is 5.66. The highest BCUT2D eigenvalue weighted by Crippen LogP contribution is 2.36. The average Bonchev–Trinajstić information content (AvgIpc) is 2.45. The Bertz CT molecular complexity index is 688. The second-order valence-electron chi connectivity index (χ2n) is 4.51. The van der Waals surface area contributed by atoms with Crippen molar-refractivity contribution in [3.63, 3.8) is 0 Å². The number of benzene rings is 1. The van der Waals surface area contributed by atoms with Crippen molar-refractivity contribution in [2.24, 2.45) is 0 Å². The van der Waals surface area contributed by atoms with E-state index in [1.165, 1.54) is 7.11 Å². The molecule has 0 saturated carbocycles. The maximum atomic E-state index is 12.9. The Morgan fingerprint density at radius 3 is 2.22 bits per heavy atom. The summed E-state index contributed by atoms with van der Waals surface area (Å²) in [4.78, 5) is 11.2. The summed E-state index contributed by atoms with van der Waals surface area (Å²) < 4.78 is 49.2. The number of hydrogen-bond donors (Lipinski definition) is 2. The van der Waals surface area contributed by atoms with Crippen molar-refractivity contribution in [1.82, 2.24) is 15.0 Å². The van der Waals surface area contributed by atoms with Gasteiger partial charge in [-0.25, -0.2) is 0 Å². The molecule has 0 bridgehead atoms. The van der Waals surface area contributed by atoms with Crippen LogP contribution in [-0.4, -0.2) is 28.4 Å². The number of nitrogens with two attached hydrogens (primary N) is 2. The number of anilines is 2. The molecule has 1 aromatic carbocycles. The molecule has 2 aromatic rings. The maximum absolute atomic E-state index is 12.9. The van der Waals surface area contributed by atoms with Crippen molar-refractivity contribution in [3.05, 3.63) is 23.8 Å². The van der Waals surface area contributed by atoms with Crippen molar-refractivity contribution in [1.29, 1.82) is 0 Å². The molecule has 0 aliphatic heterocycles. The van der Waals surface area contributed by atoms with Gasteiger partial charge in [0.25, 0.3) is 0 Å². The molecule has 0 spiro atoms. The molecule has 10 heteroatoms. The smallest absolute Gasteiger partial charge is 0.416 e. The van der Waals surface area contributed by atoms with Crippen LogP contribution in [0.4, 0.5) is 25.1 Å². The third-order valence-electron chi connectivity index (χ3n) is 2.84. The largest absolute Gasteiger partial charge is 0.465 e. The van der Waals surface area contributed by atoms with E-state index in [4.69, 9.17) is 20.9 Å². The average molecular weight is 329 g/mol. The summed E-state index contributed by atoms with van der Waals surface area (Å²) in [6.07, 6.45) is -5.23. The third kappa shape index (κ3) is 3.97. The zero-order valence-corrected chi connectivity index (χ0v) is 12.3. The van der Waals surface area contributed by atoms with Gasteiger partial charge in [0.2, 0.25) is 11.9 Å². The standard InChI is InChI=1S/C13H14F3N5O2/c1-6(22-2)23-9-4-3-7(13(14,15)16)5-8(9)10-19-11(17)21-12(18)20-10/h3-6H,1-2H3,(H4,17,18,19,20,21). The van der Waals surface area contributed by atoms with E-state index < -0.39 is 18.0 Å². The van der Waals surface area contributed by atoms with Gasteiger partial charge in [-0.3, -0.25) is 0 Å². The van der Waals surface area contributed by atoms with Crippen LogP contribution in [0.2, 0.25) is 0 Å². The van der Waals surface area contributed by atoms with Crippen LogP contribution >= 0.6 is 0 Å². The lowest BCUT2D eigenvalue weighted by molar-refractivity contribution is -0.137. The Labute approximate surface area is 129 Å². The molecule has 1 heterocycles. The minimum atomic E-state index is -4.54. The molecule has 1 aromatic heterocycles. The summed E-state index contributed by atoms with van der Waals surface area (Å²) in [5.41, 5.74) is 10.0. The molecule has 7 nitrogen and oxygen atoms in total. The van der Waals surface area contributed by atoms with Crippen molar-refractivity contribution in [3.8, 4) is 17.1 Å². The first-order valence-electron chi connectivity index (χ1n) is 6.39. The number of aromatic nitrogens is 3. The summed E-state index contributed by atoms with van der Waals surface area (Å²) in [5, 5.41) is 0. The quantitative estimate of drug-likeness (QED) is 0.827. The first kappa shape index (κ1) is 16.7. The van der Waals surface area contributed by atoms with Gasteiger partial charge in [-0.15, -0.1) is 0 Å². The number of halogens is 3. The molecule has 0 amide bonds. The fraction of sp³-hybridized carbons (Fsp3) is 0.308. The summed E-state index contributed by atoms with van der Waals surface area (Å²) in [6, 6.07) is 2.89. The lowest BCUT2D eigenvalue weighted by atomic mass is 10.1. The minimum Gasteiger partial charge on any atom is -0.465 e. The van der Waals surface area contributed by atoms with Gasteiger partial charge in [0.05, 0.1) is 11.1 Å². The Morgan fingerprint density at radius 2 is 1.70 bits per heavy atom. The van der Waals surface area contributed by atoms with Crippen LogP contribution in [0.3, 0.4) is 0 Å². The van der Waals surface area contributed by atoms with Gasteiger partial charge in [-0.1, -0.05) is 0 Å². The molecule has 4 N–H and O–H groups in total. The topological polar surface area (TPSA) is 109 Å². The fourth-order valence-electron chi connectivity index (χ4n) is 1.74. The van der Waals surface area contributed by atoms with E-state index in [0.29, 0.717) is 0 Å². The second-order valence-corrected chi connectivity index (χ2v) is 4.51. The first-order chi connectivity index (χ1) is 10.7. The van der Waals surface area contributed by atoms with E-state index in [-0.39, 0.29) is 29.0 Å². The van der Waals surface area contributed by atoms with Crippen LogP contribution in [0.5, 0.6) is 5.75 Å². The van der Waals surface area contributed by atoms with Gasteiger partial charge < -0.3 is 20.9 Å². The summed E-state index contributed by atoms with van der Waals surface area (Å²) in [6.45, 7) is 1.58. The van der Waals surface area contributed by atoms with Gasteiger partial charge in [-0.05, 0) is 25.1 Å². The van der Waals surface area contributed by atoms with Crippen molar-refractivity contribution in [2.45, 2.75) is 19.4 Å². The monoisotopic (exact) mass is 329 g/mol. The molecule has 0 saturated heterocycles. The molecule has 2 rings (SSSR count). The molecule has 0 fully saturated rings. The molecule has 124 valence electrons. The van der Waals surface area contributed by atoms with E-state index in [2.05, 4.69) is 15.0 Å². The maximum Gasteiger partial charge on any atom is 0.416 e. The zero-order valence-electron chi connectivity index (χ0n) is 12.3. The number of alkyl halides is 3. The van der Waals surface area contributed by atoms with Gasteiger partial charge in [-0.2, -0.15) is 28.1 Å². The lowest BCUT2D eigenvalue weighted by Gasteiger charge is -2.17. The Morgan fingerprint density at radius 1 is 1.09 bits per heavy atom. The highest BCUT2D eigenvalue weighted by atomic mass is 19.4. The minimum absolute atomic E-state index is 0.0236. The molecule has 0 radical (unpaired) electrons. The number of hydrogen-bond acceptors (Lipinski definition) is 7. The molecular formula is C13H14F3N5O2. The van der Waals surface area contributed by atoms with Crippen molar-refractivity contribution in [2.75, 3.05) is 18.6 Å². The van der Waals surface area contributed by atoms with Gasteiger partial charge in [0.1, 0.15) is 5.75 Å². The summed E-state index contributed by atoms with van der Waals surface area (Å²) in [7, 11) is 1.40. The van der Waals surface area contributed by atoms with Gasteiger partial charge in [0.15, 0.2) is 12.1 Å². The highest BCUT2D eigenvalue weighted by Gasteiger charge is 2.32. The summed E-state index contributed by atoms with van der Waals surface area (Å²) in [5.74, 6) is -0.456. The SMILES string of the molecule is COC(C)Oc1ccc(C(F)(F)F)cc1-c1nc(N)nc(N)n1. The fourth-order valence-corrected chi connectivity index (χ4v) is 1.74. The predicted molar refractivity (Wildman–Crippen MR) is 76.2 cm³/mol. The Balaban J connectivity index is 2.60. The molecule has 0 aliphatic rings. The van der Waals surface area contributed by atoms with Crippen LogP contribution in [-0.2, 0) is 10.9 Å². The number of nitrogen functional groups attached to an aromatic ring is 2. The van der Waals surface area contributed by atoms with Gasteiger partial charge >= 0.3 is 6.18 Å². The number of ether oxygens (including phenoxy) is 2. The van der Waals surface area contributed by atoms with Crippen LogP contribution in [0.25, 0.3) is 11.4 Å². The Hall–Kier alpha value is -2.62. The Kier molecular flexibility index (Phi) is 4.55. The molecule has 0 aliphatic carbocycles. The van der Waals surface area contributed by atoms with Crippen LogP contribution in [0.1, 0.15) is 12.5 Å². The van der Waals surface area contributed by atoms with E-state index in [0.717, 1.165) is 18.2 Å². The molecule has 23 heavy (non-hydrogen) atoms. The normalized spacial score (nSPS) is 12.9. The van der Waals surface area contributed by atoms with E-state index in [1.54, 1.807) is 6.92 Å². The number of rotatable bonds is 4. The molecular weight excluding hydrogens is 315 g/mol. The van der Waals surface area contributed by atoms with E-state index in [9.17, 15) is 13.2 Å². The number of nitrogens with zero attached hydrogens (tertiary/aromatic N) is 3. The zero-order chi connectivity index (χ0) is 17.2. The number of methoxy groups -OCH3 is 1. The van der Waals surface area contributed by atoms with Crippen LogP contribution in [0, 0.1) is 0 Å².